The minimum Gasteiger partial charge on any atom is -0.478 e. The Morgan fingerprint density at radius 2 is 1.68 bits per heavy atom. The number of fused-ring (bicyclic) bond motifs is 2. The van der Waals surface area contributed by atoms with Gasteiger partial charge in [-0.2, -0.15) is 0 Å². The van der Waals surface area contributed by atoms with Crippen LogP contribution in [0.25, 0.3) is 21.8 Å². The number of carbonyl (C=O) groups is 2. The number of benzene rings is 2. The highest BCUT2D eigenvalue weighted by molar-refractivity contribution is 5.96. The van der Waals surface area contributed by atoms with Crippen LogP contribution in [0.1, 0.15) is 6.42 Å². The minimum atomic E-state index is -1.90. The topological polar surface area (TPSA) is 136 Å². The zero-order valence-electron chi connectivity index (χ0n) is 17.9. The first-order valence-electron chi connectivity index (χ1n) is 10.6. The van der Waals surface area contributed by atoms with Gasteiger partial charge in [-0.15, -0.1) is 0 Å². The van der Waals surface area contributed by atoms with E-state index in [0.29, 0.717) is 22.3 Å². The van der Waals surface area contributed by atoms with Gasteiger partial charge in [-0.1, -0.05) is 18.2 Å². The van der Waals surface area contributed by atoms with Crippen molar-refractivity contribution in [2.45, 2.75) is 17.7 Å². The summed E-state index contributed by atoms with van der Waals surface area (Å²) in [5, 5.41) is 30.8. The van der Waals surface area contributed by atoms with Gasteiger partial charge in [0.25, 0.3) is 0 Å². The summed E-state index contributed by atoms with van der Waals surface area (Å²) < 4.78 is 0. The van der Waals surface area contributed by atoms with E-state index in [1.807, 2.05) is 18.2 Å². The SMILES string of the molecule is O=C(O)C1(Nc2cccc3ncccc23)C=CCC(Nc2ccc3ncccc3c2)(C(=O)O)N1. The van der Waals surface area contributed by atoms with Crippen molar-refractivity contribution in [2.24, 2.45) is 0 Å². The zero-order chi connectivity index (χ0) is 23.8. The molecule has 170 valence electrons. The van der Waals surface area contributed by atoms with Crippen molar-refractivity contribution in [3.05, 3.63) is 85.2 Å². The molecule has 5 rings (SSSR count). The van der Waals surface area contributed by atoms with Gasteiger partial charge in [0, 0.05) is 41.0 Å². The number of hydrogen-bond acceptors (Lipinski definition) is 7. The summed E-state index contributed by atoms with van der Waals surface area (Å²) in [6, 6.07) is 17.8. The maximum atomic E-state index is 12.5. The van der Waals surface area contributed by atoms with E-state index in [2.05, 4.69) is 25.9 Å². The lowest BCUT2D eigenvalue weighted by molar-refractivity contribution is -0.148. The van der Waals surface area contributed by atoms with Crippen molar-refractivity contribution in [3.63, 3.8) is 0 Å². The standard InChI is InChI=1S/C25H21N5O4/c31-22(32)24(28-17-9-10-19-16(15-17)5-2-13-26-19)11-4-12-25(30-24,23(33)34)29-21-8-1-7-20-18(21)6-3-14-27-20/h1-10,12-15,28-30H,11H2,(H,31,32)(H,33,34). The van der Waals surface area contributed by atoms with E-state index in [-0.39, 0.29) is 6.42 Å². The molecule has 34 heavy (non-hydrogen) atoms. The number of aliphatic carboxylic acids is 2. The molecule has 2 aromatic carbocycles. The monoisotopic (exact) mass is 455 g/mol. The summed E-state index contributed by atoms with van der Waals surface area (Å²) in [4.78, 5) is 33.6. The average Bonchev–Trinajstić information content (AvgIpc) is 2.84. The summed E-state index contributed by atoms with van der Waals surface area (Å²) in [5.41, 5.74) is -1.23. The number of nitrogens with one attached hydrogen (secondary N) is 3. The summed E-state index contributed by atoms with van der Waals surface area (Å²) in [7, 11) is 0. The van der Waals surface area contributed by atoms with E-state index in [1.165, 1.54) is 6.08 Å². The second kappa shape index (κ2) is 8.13. The summed E-state index contributed by atoms with van der Waals surface area (Å²) in [5.74, 6) is -2.52. The Balaban J connectivity index is 1.54. The largest absolute Gasteiger partial charge is 0.478 e. The third-order valence-electron chi connectivity index (χ3n) is 5.84. The fraction of sp³-hybridized carbons (Fsp3) is 0.120. The summed E-state index contributed by atoms with van der Waals surface area (Å²) in [6.45, 7) is 0. The van der Waals surface area contributed by atoms with Crippen LogP contribution in [0.5, 0.6) is 0 Å². The number of pyridine rings is 2. The van der Waals surface area contributed by atoms with Crippen molar-refractivity contribution in [1.82, 2.24) is 15.3 Å². The maximum Gasteiger partial charge on any atom is 0.348 e. The quantitative estimate of drug-likeness (QED) is 0.277. The molecule has 0 fully saturated rings. The third-order valence-corrected chi connectivity index (χ3v) is 5.84. The van der Waals surface area contributed by atoms with E-state index in [9.17, 15) is 19.8 Å². The average molecular weight is 455 g/mol. The second-order valence-electron chi connectivity index (χ2n) is 8.09. The number of carboxylic acids is 2. The highest BCUT2D eigenvalue weighted by atomic mass is 16.4. The van der Waals surface area contributed by atoms with Crippen LogP contribution in [0.2, 0.25) is 0 Å². The number of anilines is 2. The molecule has 2 atom stereocenters. The molecule has 4 aromatic rings. The van der Waals surface area contributed by atoms with Gasteiger partial charge in [0.1, 0.15) is 0 Å². The Hall–Kier alpha value is -4.50. The van der Waals surface area contributed by atoms with Crippen molar-refractivity contribution < 1.29 is 19.8 Å². The van der Waals surface area contributed by atoms with Crippen LogP contribution in [-0.2, 0) is 9.59 Å². The highest BCUT2D eigenvalue weighted by Gasteiger charge is 2.51. The fourth-order valence-electron chi connectivity index (χ4n) is 4.19. The predicted molar refractivity (Wildman–Crippen MR) is 128 cm³/mol. The van der Waals surface area contributed by atoms with Crippen LogP contribution in [-0.4, -0.2) is 43.4 Å². The predicted octanol–water partition coefficient (Wildman–Crippen LogP) is 3.42. The van der Waals surface area contributed by atoms with Crippen LogP contribution >= 0.6 is 0 Å². The van der Waals surface area contributed by atoms with Gasteiger partial charge in [0.15, 0.2) is 5.66 Å². The maximum absolute atomic E-state index is 12.5. The van der Waals surface area contributed by atoms with Gasteiger partial charge in [0.05, 0.1) is 11.0 Å². The smallest absolute Gasteiger partial charge is 0.348 e. The van der Waals surface area contributed by atoms with Gasteiger partial charge < -0.3 is 20.8 Å². The number of carboxylic acid groups (broad SMARTS) is 2. The number of nitrogens with zero attached hydrogens (tertiary/aromatic N) is 2. The van der Waals surface area contributed by atoms with Gasteiger partial charge in [0.2, 0.25) is 5.66 Å². The van der Waals surface area contributed by atoms with Gasteiger partial charge in [-0.05, 0) is 54.6 Å². The number of hydrogen-bond donors (Lipinski definition) is 5. The fourth-order valence-corrected chi connectivity index (χ4v) is 4.19. The molecule has 9 heteroatoms. The van der Waals surface area contributed by atoms with Gasteiger partial charge >= 0.3 is 11.9 Å². The van der Waals surface area contributed by atoms with Crippen LogP contribution in [0.15, 0.2) is 85.2 Å². The molecular formula is C25H21N5O4. The van der Waals surface area contributed by atoms with Crippen molar-refractivity contribution in [1.29, 1.82) is 0 Å². The van der Waals surface area contributed by atoms with Crippen molar-refractivity contribution >= 4 is 45.1 Å². The number of aromatic nitrogens is 2. The molecule has 3 heterocycles. The highest BCUT2D eigenvalue weighted by Crippen LogP contribution is 2.31. The lowest BCUT2D eigenvalue weighted by Gasteiger charge is -2.43. The van der Waals surface area contributed by atoms with Crippen LogP contribution in [0.3, 0.4) is 0 Å². The van der Waals surface area contributed by atoms with Crippen LogP contribution in [0.4, 0.5) is 11.4 Å². The first kappa shape index (κ1) is 21.4. The minimum absolute atomic E-state index is 0.0151. The molecule has 0 saturated heterocycles. The van der Waals surface area contributed by atoms with Gasteiger partial charge in [-0.25, -0.2) is 14.9 Å². The lowest BCUT2D eigenvalue weighted by atomic mass is 9.93. The molecule has 5 N–H and O–H groups in total. The molecule has 0 radical (unpaired) electrons. The number of rotatable bonds is 6. The Kier molecular flexibility index (Phi) is 5.10. The normalized spacial score (nSPS) is 21.9. The van der Waals surface area contributed by atoms with E-state index in [1.54, 1.807) is 60.9 Å². The Morgan fingerprint density at radius 1 is 0.882 bits per heavy atom. The van der Waals surface area contributed by atoms with E-state index in [4.69, 9.17) is 0 Å². The Labute approximate surface area is 194 Å². The molecule has 1 aliphatic rings. The van der Waals surface area contributed by atoms with Gasteiger partial charge in [-0.3, -0.25) is 9.97 Å². The molecule has 1 aliphatic heterocycles. The third kappa shape index (κ3) is 3.67. The van der Waals surface area contributed by atoms with Crippen molar-refractivity contribution in [3.8, 4) is 0 Å². The Morgan fingerprint density at radius 3 is 2.47 bits per heavy atom. The molecule has 0 bridgehead atoms. The van der Waals surface area contributed by atoms with E-state index >= 15 is 0 Å². The summed E-state index contributed by atoms with van der Waals surface area (Å²) in [6.07, 6.45) is 6.32. The first-order valence-corrected chi connectivity index (χ1v) is 10.6. The molecule has 0 amide bonds. The molecule has 0 spiro atoms. The van der Waals surface area contributed by atoms with E-state index in [0.717, 1.165) is 10.9 Å². The molecule has 0 saturated carbocycles. The van der Waals surface area contributed by atoms with Crippen LogP contribution in [0, 0.1) is 0 Å². The molecule has 2 aromatic heterocycles. The molecular weight excluding hydrogens is 434 g/mol. The molecule has 9 nitrogen and oxygen atoms in total. The Bertz CT molecular complexity index is 1450. The molecule has 2 unspecified atom stereocenters. The second-order valence-corrected chi connectivity index (χ2v) is 8.09. The lowest BCUT2D eigenvalue weighted by Crippen LogP contribution is -2.72. The zero-order valence-corrected chi connectivity index (χ0v) is 17.9. The van der Waals surface area contributed by atoms with Crippen LogP contribution < -0.4 is 16.0 Å². The molecule has 0 aliphatic carbocycles. The first-order chi connectivity index (χ1) is 16.4. The van der Waals surface area contributed by atoms with Crippen molar-refractivity contribution in [2.75, 3.05) is 10.6 Å². The summed E-state index contributed by atoms with van der Waals surface area (Å²) >= 11 is 0. The van der Waals surface area contributed by atoms with E-state index < -0.39 is 23.3 Å².